The van der Waals surface area contributed by atoms with E-state index in [-0.39, 0.29) is 29.5 Å². The predicted molar refractivity (Wildman–Crippen MR) is 174 cm³/mol. The molecule has 0 aliphatic rings. The lowest BCUT2D eigenvalue weighted by atomic mass is 10.0. The molecule has 0 aromatic heterocycles. The highest BCUT2D eigenvalue weighted by atomic mass is 79.9. The van der Waals surface area contributed by atoms with Gasteiger partial charge in [0.25, 0.3) is 10.0 Å². The minimum absolute atomic E-state index is 0.0136. The van der Waals surface area contributed by atoms with Gasteiger partial charge in [-0.05, 0) is 73.0 Å². The summed E-state index contributed by atoms with van der Waals surface area (Å²) in [6.07, 6.45) is 0.925. The molecular weight excluding hydrogens is 645 g/mol. The second kappa shape index (κ2) is 15.1. The van der Waals surface area contributed by atoms with Gasteiger partial charge >= 0.3 is 0 Å². The molecule has 0 unspecified atom stereocenters. The van der Waals surface area contributed by atoms with Gasteiger partial charge in [0.05, 0.1) is 10.6 Å². The Hall–Kier alpha value is -4.02. The molecule has 0 spiro atoms. The zero-order valence-electron chi connectivity index (χ0n) is 24.6. The van der Waals surface area contributed by atoms with Crippen molar-refractivity contribution in [3.63, 3.8) is 0 Å². The number of rotatable bonds is 13. The van der Waals surface area contributed by atoms with Crippen LogP contribution in [0.15, 0.2) is 112 Å². The molecular formula is C34H35BrFN3O4S. The van der Waals surface area contributed by atoms with Gasteiger partial charge in [0.2, 0.25) is 11.8 Å². The van der Waals surface area contributed by atoms with Crippen LogP contribution in [-0.4, -0.2) is 44.3 Å². The van der Waals surface area contributed by atoms with E-state index in [1.807, 2.05) is 68.4 Å². The fourth-order valence-corrected chi connectivity index (χ4v) is 6.59. The highest BCUT2D eigenvalue weighted by Gasteiger charge is 2.34. The molecule has 4 rings (SSSR count). The van der Waals surface area contributed by atoms with E-state index in [0.717, 1.165) is 37.6 Å². The fourth-order valence-electron chi connectivity index (χ4n) is 4.73. The summed E-state index contributed by atoms with van der Waals surface area (Å²) in [5.41, 5.74) is 2.59. The fraction of sp³-hybridized carbons (Fsp3) is 0.235. The highest BCUT2D eigenvalue weighted by molar-refractivity contribution is 9.10. The lowest BCUT2D eigenvalue weighted by Gasteiger charge is -2.34. The summed E-state index contributed by atoms with van der Waals surface area (Å²) in [6, 6.07) is 27.0. The van der Waals surface area contributed by atoms with Crippen molar-refractivity contribution in [3.8, 4) is 0 Å². The third-order valence-corrected chi connectivity index (χ3v) is 9.35. The van der Waals surface area contributed by atoms with Gasteiger partial charge in [0.1, 0.15) is 18.4 Å². The van der Waals surface area contributed by atoms with Crippen LogP contribution in [0.4, 0.5) is 10.1 Å². The van der Waals surface area contributed by atoms with Crippen molar-refractivity contribution in [2.45, 2.75) is 44.2 Å². The van der Waals surface area contributed by atoms with E-state index in [1.54, 1.807) is 12.1 Å². The van der Waals surface area contributed by atoms with Gasteiger partial charge in [0, 0.05) is 24.0 Å². The van der Waals surface area contributed by atoms with E-state index in [0.29, 0.717) is 13.0 Å². The first kappa shape index (κ1) is 32.9. The molecule has 1 atom stereocenters. The van der Waals surface area contributed by atoms with E-state index >= 15 is 0 Å². The van der Waals surface area contributed by atoms with Crippen molar-refractivity contribution in [2.75, 3.05) is 17.4 Å². The second-order valence-corrected chi connectivity index (χ2v) is 13.2. The maximum atomic E-state index is 14.4. The van der Waals surface area contributed by atoms with E-state index in [1.165, 1.54) is 29.2 Å². The smallest absolute Gasteiger partial charge is 0.264 e. The molecule has 0 fully saturated rings. The quantitative estimate of drug-likeness (QED) is 0.181. The summed E-state index contributed by atoms with van der Waals surface area (Å²) in [5.74, 6) is -1.47. The Morgan fingerprint density at radius 3 is 2.18 bits per heavy atom. The van der Waals surface area contributed by atoms with Crippen molar-refractivity contribution in [1.82, 2.24) is 10.2 Å². The number of nitrogens with zero attached hydrogens (tertiary/aromatic N) is 2. The third kappa shape index (κ3) is 8.54. The molecule has 2 amide bonds. The molecule has 0 heterocycles. The van der Waals surface area contributed by atoms with Crippen LogP contribution in [-0.2, 0) is 32.6 Å². The van der Waals surface area contributed by atoms with E-state index in [2.05, 4.69) is 21.2 Å². The molecule has 10 heteroatoms. The predicted octanol–water partition coefficient (Wildman–Crippen LogP) is 6.26. The normalized spacial score (nSPS) is 11.9. The third-order valence-electron chi connectivity index (χ3n) is 7.06. The number of anilines is 1. The van der Waals surface area contributed by atoms with Gasteiger partial charge < -0.3 is 10.2 Å². The Labute approximate surface area is 266 Å². The molecule has 0 aliphatic heterocycles. The van der Waals surface area contributed by atoms with Crippen LogP contribution < -0.4 is 9.62 Å². The maximum absolute atomic E-state index is 14.4. The van der Waals surface area contributed by atoms with Crippen LogP contribution in [0.25, 0.3) is 0 Å². The van der Waals surface area contributed by atoms with Crippen molar-refractivity contribution in [2.24, 2.45) is 0 Å². The summed E-state index contributed by atoms with van der Waals surface area (Å²) in [4.78, 5) is 29.5. The van der Waals surface area contributed by atoms with Crippen molar-refractivity contribution >= 4 is 43.5 Å². The lowest BCUT2D eigenvalue weighted by molar-refractivity contribution is -0.140. The summed E-state index contributed by atoms with van der Waals surface area (Å²) in [6.45, 7) is 3.65. The summed E-state index contributed by atoms with van der Waals surface area (Å²) in [5, 5.41) is 2.92. The van der Waals surface area contributed by atoms with Crippen LogP contribution in [0, 0.1) is 12.7 Å². The Kier molecular flexibility index (Phi) is 11.3. The zero-order valence-corrected chi connectivity index (χ0v) is 27.0. The molecule has 0 saturated heterocycles. The number of amides is 2. The average Bonchev–Trinajstić information content (AvgIpc) is 3.01. The van der Waals surface area contributed by atoms with Crippen LogP contribution in [0.1, 0.15) is 30.0 Å². The number of benzene rings is 4. The number of carbonyl (C=O) groups excluding carboxylic acids is 2. The highest BCUT2D eigenvalue weighted by Crippen LogP contribution is 2.26. The zero-order chi connectivity index (χ0) is 31.7. The summed E-state index contributed by atoms with van der Waals surface area (Å²) < 4.78 is 43.7. The molecule has 7 nitrogen and oxygen atoms in total. The Balaban J connectivity index is 1.79. The minimum atomic E-state index is -4.26. The monoisotopic (exact) mass is 679 g/mol. The topological polar surface area (TPSA) is 86.8 Å². The van der Waals surface area contributed by atoms with E-state index in [4.69, 9.17) is 0 Å². The number of nitrogens with one attached hydrogen (secondary N) is 1. The van der Waals surface area contributed by atoms with Crippen molar-refractivity contribution in [1.29, 1.82) is 0 Å². The Bertz CT molecular complexity index is 1670. The largest absolute Gasteiger partial charge is 0.354 e. The first-order chi connectivity index (χ1) is 21.1. The molecule has 4 aromatic rings. The summed E-state index contributed by atoms with van der Waals surface area (Å²) in [7, 11) is -4.26. The van der Waals surface area contributed by atoms with Crippen molar-refractivity contribution in [3.05, 3.63) is 130 Å². The van der Waals surface area contributed by atoms with Gasteiger partial charge in [-0.2, -0.15) is 0 Å². The standard InChI is InChI=1S/C34H35BrFN3O4S/c1-3-20-37-34(41)32(22-26-8-5-4-6-9-26)38(23-27-10-7-11-28(35)21-27)33(40)24-39(30-16-14-29(36)15-17-30)44(42,43)31-18-12-25(2)13-19-31/h4-19,21,32H,3,20,22-24H2,1-2H3,(H,37,41)/t32-/m1/s1. The van der Waals surface area contributed by atoms with Gasteiger partial charge in [-0.25, -0.2) is 12.8 Å². The average molecular weight is 681 g/mol. The molecule has 4 aromatic carbocycles. The van der Waals surface area contributed by atoms with Gasteiger partial charge in [-0.15, -0.1) is 0 Å². The van der Waals surface area contributed by atoms with Crippen LogP contribution in [0.2, 0.25) is 0 Å². The lowest BCUT2D eigenvalue weighted by Crippen LogP contribution is -2.53. The molecule has 230 valence electrons. The summed E-state index contributed by atoms with van der Waals surface area (Å²) >= 11 is 3.48. The van der Waals surface area contributed by atoms with Gasteiger partial charge in [0.15, 0.2) is 0 Å². The maximum Gasteiger partial charge on any atom is 0.264 e. The van der Waals surface area contributed by atoms with Crippen LogP contribution in [0.3, 0.4) is 0 Å². The number of sulfonamides is 1. The van der Waals surface area contributed by atoms with Gasteiger partial charge in [-0.3, -0.25) is 13.9 Å². The minimum Gasteiger partial charge on any atom is -0.354 e. The van der Waals surface area contributed by atoms with Crippen molar-refractivity contribution < 1.29 is 22.4 Å². The number of carbonyl (C=O) groups is 2. The number of hydrogen-bond acceptors (Lipinski definition) is 4. The number of halogens is 2. The van der Waals surface area contributed by atoms with Gasteiger partial charge in [-0.1, -0.05) is 83.0 Å². The first-order valence-corrected chi connectivity index (χ1v) is 16.5. The van der Waals surface area contributed by atoms with Crippen LogP contribution >= 0.6 is 15.9 Å². The molecule has 44 heavy (non-hydrogen) atoms. The molecule has 0 bridgehead atoms. The number of hydrogen-bond donors (Lipinski definition) is 1. The number of aryl methyl sites for hydroxylation is 1. The van der Waals surface area contributed by atoms with E-state index < -0.39 is 34.3 Å². The molecule has 1 N–H and O–H groups in total. The first-order valence-electron chi connectivity index (χ1n) is 14.3. The van der Waals surface area contributed by atoms with Crippen LogP contribution in [0.5, 0.6) is 0 Å². The molecule has 0 radical (unpaired) electrons. The Morgan fingerprint density at radius 1 is 0.886 bits per heavy atom. The Morgan fingerprint density at radius 2 is 1.55 bits per heavy atom. The molecule has 0 saturated carbocycles. The van der Waals surface area contributed by atoms with E-state index in [9.17, 15) is 22.4 Å². The SMILES string of the molecule is CCCNC(=O)[C@@H](Cc1ccccc1)N(Cc1cccc(Br)c1)C(=O)CN(c1ccc(F)cc1)S(=O)(=O)c1ccc(C)cc1. The molecule has 0 aliphatic carbocycles. The second-order valence-electron chi connectivity index (χ2n) is 10.4.